The third kappa shape index (κ3) is 3.34. The number of carbonyl (C=O) groups is 1. The van der Waals surface area contributed by atoms with Crippen LogP contribution in [0.5, 0.6) is 5.75 Å². The van der Waals surface area contributed by atoms with Crippen molar-refractivity contribution in [2.45, 2.75) is 5.75 Å². The van der Waals surface area contributed by atoms with Gasteiger partial charge in [0.05, 0.1) is 7.11 Å². The number of carbonyl (C=O) groups excluding carboxylic acids is 1. The van der Waals surface area contributed by atoms with E-state index in [0.717, 1.165) is 0 Å². The van der Waals surface area contributed by atoms with Crippen molar-refractivity contribution >= 4 is 16.4 Å². The van der Waals surface area contributed by atoms with E-state index >= 15 is 0 Å². The summed E-state index contributed by atoms with van der Waals surface area (Å²) in [4.78, 5) is 10.5. The molecule has 0 amide bonds. The summed E-state index contributed by atoms with van der Waals surface area (Å²) in [6, 6.07) is 4.34. The standard InChI is InChI=1S/C9H10O5S/c1-14-9-3-2-7(5-10)4-8(9)6-15(11,12)13/h2-5H,6H2,1H3,(H,11,12,13). The molecule has 15 heavy (non-hydrogen) atoms. The predicted octanol–water partition coefficient (Wildman–Crippen LogP) is 0.895. The highest BCUT2D eigenvalue weighted by Crippen LogP contribution is 2.21. The maximum absolute atomic E-state index is 10.7. The normalized spacial score (nSPS) is 11.1. The number of rotatable bonds is 4. The van der Waals surface area contributed by atoms with E-state index in [1.165, 1.54) is 25.3 Å². The highest BCUT2D eigenvalue weighted by molar-refractivity contribution is 7.85. The van der Waals surface area contributed by atoms with Crippen LogP contribution < -0.4 is 4.74 Å². The zero-order valence-electron chi connectivity index (χ0n) is 8.00. The minimum Gasteiger partial charge on any atom is -0.496 e. The molecule has 82 valence electrons. The first-order valence-corrected chi connectivity index (χ1v) is 5.64. The van der Waals surface area contributed by atoms with Crippen molar-refractivity contribution in [1.29, 1.82) is 0 Å². The summed E-state index contributed by atoms with van der Waals surface area (Å²) in [7, 11) is -2.75. The van der Waals surface area contributed by atoms with Crippen LogP contribution in [0.3, 0.4) is 0 Å². The van der Waals surface area contributed by atoms with E-state index in [1.807, 2.05) is 0 Å². The minimum atomic E-state index is -4.13. The summed E-state index contributed by atoms with van der Waals surface area (Å²) >= 11 is 0. The van der Waals surface area contributed by atoms with Gasteiger partial charge >= 0.3 is 0 Å². The fourth-order valence-electron chi connectivity index (χ4n) is 1.18. The molecule has 0 saturated carbocycles. The zero-order chi connectivity index (χ0) is 11.5. The number of hydrogen-bond donors (Lipinski definition) is 1. The zero-order valence-corrected chi connectivity index (χ0v) is 8.82. The summed E-state index contributed by atoms with van der Waals surface area (Å²) in [6.07, 6.45) is 0.590. The Kier molecular flexibility index (Phi) is 3.43. The van der Waals surface area contributed by atoms with E-state index in [1.54, 1.807) is 0 Å². The second-order valence-corrected chi connectivity index (χ2v) is 4.37. The van der Waals surface area contributed by atoms with Gasteiger partial charge in [-0.1, -0.05) is 0 Å². The molecule has 0 saturated heterocycles. The molecule has 0 fully saturated rings. The van der Waals surface area contributed by atoms with Crippen LogP contribution in [0.1, 0.15) is 15.9 Å². The Labute approximate surface area is 87.4 Å². The minimum absolute atomic E-state index is 0.254. The third-order valence-corrected chi connectivity index (χ3v) is 2.45. The van der Waals surface area contributed by atoms with Gasteiger partial charge < -0.3 is 4.74 Å². The van der Waals surface area contributed by atoms with Crippen LogP contribution in [0.2, 0.25) is 0 Å². The lowest BCUT2D eigenvalue weighted by molar-refractivity contribution is 0.112. The maximum Gasteiger partial charge on any atom is 0.269 e. The van der Waals surface area contributed by atoms with Crippen LogP contribution in [0, 0.1) is 0 Å². The first-order valence-electron chi connectivity index (χ1n) is 4.03. The lowest BCUT2D eigenvalue weighted by atomic mass is 10.1. The molecule has 0 atom stereocenters. The van der Waals surface area contributed by atoms with Crippen LogP contribution in [-0.4, -0.2) is 26.4 Å². The Morgan fingerprint density at radius 2 is 2.13 bits per heavy atom. The highest BCUT2D eigenvalue weighted by atomic mass is 32.2. The Bertz CT molecular complexity index is 463. The van der Waals surface area contributed by atoms with E-state index < -0.39 is 15.9 Å². The monoisotopic (exact) mass is 230 g/mol. The molecule has 0 aliphatic carbocycles. The number of methoxy groups -OCH3 is 1. The molecule has 1 rings (SSSR count). The van der Waals surface area contributed by atoms with Crippen molar-refractivity contribution < 1.29 is 22.5 Å². The fraction of sp³-hybridized carbons (Fsp3) is 0.222. The largest absolute Gasteiger partial charge is 0.496 e. The van der Waals surface area contributed by atoms with Gasteiger partial charge in [0, 0.05) is 11.1 Å². The average Bonchev–Trinajstić information content (AvgIpc) is 2.15. The molecule has 6 heteroatoms. The Morgan fingerprint density at radius 3 is 2.60 bits per heavy atom. The molecule has 0 bridgehead atoms. The lowest BCUT2D eigenvalue weighted by Gasteiger charge is -2.07. The third-order valence-electron chi connectivity index (χ3n) is 1.78. The van der Waals surface area contributed by atoms with Gasteiger partial charge in [0.1, 0.15) is 17.8 Å². The number of hydrogen-bond acceptors (Lipinski definition) is 4. The number of benzene rings is 1. The molecule has 0 aliphatic rings. The molecule has 0 aliphatic heterocycles. The van der Waals surface area contributed by atoms with Gasteiger partial charge in [-0.2, -0.15) is 8.42 Å². The first-order chi connectivity index (χ1) is 6.96. The van der Waals surface area contributed by atoms with Crippen molar-refractivity contribution in [3.63, 3.8) is 0 Å². The van der Waals surface area contributed by atoms with Gasteiger partial charge in [0.15, 0.2) is 0 Å². The summed E-state index contributed by atoms with van der Waals surface area (Å²) in [6.45, 7) is 0. The summed E-state index contributed by atoms with van der Waals surface area (Å²) in [5.74, 6) is -0.254. The molecule has 0 heterocycles. The molecule has 0 radical (unpaired) electrons. The molecule has 1 N–H and O–H groups in total. The second-order valence-electron chi connectivity index (χ2n) is 2.92. The van der Waals surface area contributed by atoms with Crippen molar-refractivity contribution in [3.05, 3.63) is 29.3 Å². The van der Waals surface area contributed by atoms with Gasteiger partial charge in [-0.25, -0.2) is 0 Å². The SMILES string of the molecule is COc1ccc(C=O)cc1CS(=O)(=O)O. The predicted molar refractivity (Wildman–Crippen MR) is 53.6 cm³/mol. The molecule has 0 aromatic heterocycles. The second kappa shape index (κ2) is 4.41. The topological polar surface area (TPSA) is 80.7 Å². The van der Waals surface area contributed by atoms with Crippen LogP contribution >= 0.6 is 0 Å². The van der Waals surface area contributed by atoms with Gasteiger partial charge in [0.25, 0.3) is 10.1 Å². The van der Waals surface area contributed by atoms with Crippen LogP contribution in [0.25, 0.3) is 0 Å². The van der Waals surface area contributed by atoms with Gasteiger partial charge in [-0.15, -0.1) is 0 Å². The summed E-state index contributed by atoms with van der Waals surface area (Å²) < 4.78 is 34.9. The van der Waals surface area contributed by atoms with E-state index in [2.05, 4.69) is 0 Å². The Morgan fingerprint density at radius 1 is 1.47 bits per heavy atom. The Balaban J connectivity index is 3.17. The molecular weight excluding hydrogens is 220 g/mol. The van der Waals surface area contributed by atoms with E-state index in [4.69, 9.17) is 9.29 Å². The van der Waals surface area contributed by atoms with E-state index in [9.17, 15) is 13.2 Å². The molecular formula is C9H10O5S. The van der Waals surface area contributed by atoms with Crippen LogP contribution in [-0.2, 0) is 15.9 Å². The number of ether oxygens (including phenoxy) is 1. The van der Waals surface area contributed by atoms with Crippen molar-refractivity contribution in [1.82, 2.24) is 0 Å². The van der Waals surface area contributed by atoms with Gasteiger partial charge in [-0.05, 0) is 18.2 Å². The molecule has 5 nitrogen and oxygen atoms in total. The lowest BCUT2D eigenvalue weighted by Crippen LogP contribution is -2.04. The summed E-state index contributed by atoms with van der Waals surface area (Å²) in [5, 5.41) is 0. The van der Waals surface area contributed by atoms with Crippen molar-refractivity contribution in [2.75, 3.05) is 7.11 Å². The Hall–Kier alpha value is -1.40. The van der Waals surface area contributed by atoms with Crippen LogP contribution in [0.4, 0.5) is 0 Å². The first kappa shape index (κ1) is 11.7. The molecule has 0 unspecified atom stereocenters. The molecule has 1 aromatic carbocycles. The molecule has 0 spiro atoms. The molecule has 1 aromatic rings. The smallest absolute Gasteiger partial charge is 0.269 e. The summed E-state index contributed by atoms with van der Waals surface area (Å²) in [5.41, 5.74) is 0.582. The van der Waals surface area contributed by atoms with Crippen molar-refractivity contribution in [2.24, 2.45) is 0 Å². The van der Waals surface area contributed by atoms with E-state index in [0.29, 0.717) is 17.6 Å². The van der Waals surface area contributed by atoms with Crippen LogP contribution in [0.15, 0.2) is 18.2 Å². The van der Waals surface area contributed by atoms with Gasteiger partial charge in [0.2, 0.25) is 0 Å². The average molecular weight is 230 g/mol. The quantitative estimate of drug-likeness (QED) is 0.613. The van der Waals surface area contributed by atoms with Crippen molar-refractivity contribution in [3.8, 4) is 5.75 Å². The maximum atomic E-state index is 10.7. The van der Waals surface area contributed by atoms with Gasteiger partial charge in [-0.3, -0.25) is 9.35 Å². The highest BCUT2D eigenvalue weighted by Gasteiger charge is 2.12. The van der Waals surface area contributed by atoms with E-state index in [-0.39, 0.29) is 5.56 Å². The number of aldehydes is 1. The fourth-order valence-corrected chi connectivity index (χ4v) is 1.80.